The van der Waals surface area contributed by atoms with Crippen LogP contribution in [0.5, 0.6) is 0 Å². The van der Waals surface area contributed by atoms with Gasteiger partial charge in [0.15, 0.2) is 0 Å². The monoisotopic (exact) mass is 286 g/mol. The summed E-state index contributed by atoms with van der Waals surface area (Å²) >= 11 is 9.94. The summed E-state index contributed by atoms with van der Waals surface area (Å²) in [6, 6.07) is 8.12. The van der Waals surface area contributed by atoms with Gasteiger partial charge in [-0.2, -0.15) is 0 Å². The molecule has 0 radical (unpaired) electrons. The standard InChI is InChI=1S/C13H16BrCl/c1-13(2)8-10(13)11(14)7-9-5-3-4-6-12(9)15/h3-6,10-11H,7-8H2,1-2H3. The van der Waals surface area contributed by atoms with Crippen molar-refractivity contribution in [3.05, 3.63) is 34.9 Å². The van der Waals surface area contributed by atoms with E-state index in [-0.39, 0.29) is 0 Å². The quantitative estimate of drug-likeness (QED) is 0.707. The van der Waals surface area contributed by atoms with Gasteiger partial charge in [0, 0.05) is 9.85 Å². The molecule has 0 spiro atoms. The molecule has 0 saturated heterocycles. The normalized spacial score (nSPS) is 24.9. The van der Waals surface area contributed by atoms with Crippen molar-refractivity contribution in [3.8, 4) is 0 Å². The number of alkyl halides is 1. The molecular weight excluding hydrogens is 271 g/mol. The van der Waals surface area contributed by atoms with Gasteiger partial charge in [0.25, 0.3) is 0 Å². The molecule has 1 aliphatic rings. The lowest BCUT2D eigenvalue weighted by Crippen LogP contribution is -2.09. The van der Waals surface area contributed by atoms with E-state index >= 15 is 0 Å². The molecule has 1 aliphatic carbocycles. The number of hydrogen-bond acceptors (Lipinski definition) is 0. The Balaban J connectivity index is 2.01. The number of halogens is 2. The second kappa shape index (κ2) is 4.10. The van der Waals surface area contributed by atoms with Gasteiger partial charge in [-0.1, -0.05) is 59.6 Å². The fourth-order valence-corrected chi connectivity index (χ4v) is 3.61. The summed E-state index contributed by atoms with van der Waals surface area (Å²) in [6.45, 7) is 4.66. The summed E-state index contributed by atoms with van der Waals surface area (Å²) < 4.78 is 0. The van der Waals surface area contributed by atoms with Crippen LogP contribution in [0.2, 0.25) is 5.02 Å². The van der Waals surface area contributed by atoms with Gasteiger partial charge >= 0.3 is 0 Å². The number of hydrogen-bond donors (Lipinski definition) is 0. The maximum Gasteiger partial charge on any atom is 0.0438 e. The highest BCUT2D eigenvalue weighted by Crippen LogP contribution is 2.56. The molecule has 0 amide bonds. The second-order valence-corrected chi connectivity index (χ2v) is 6.69. The molecule has 2 heteroatoms. The largest absolute Gasteiger partial charge is 0.0884 e. The molecule has 0 N–H and O–H groups in total. The fraction of sp³-hybridized carbons (Fsp3) is 0.538. The lowest BCUT2D eigenvalue weighted by Gasteiger charge is -2.12. The van der Waals surface area contributed by atoms with Gasteiger partial charge in [0.2, 0.25) is 0 Å². The molecule has 2 unspecified atom stereocenters. The van der Waals surface area contributed by atoms with Gasteiger partial charge in [-0.15, -0.1) is 0 Å². The predicted octanol–water partition coefficient (Wildman–Crippen LogP) is 4.69. The molecule has 0 aromatic heterocycles. The minimum atomic E-state index is 0.523. The summed E-state index contributed by atoms with van der Waals surface area (Å²) in [4.78, 5) is 0.562. The molecule has 1 saturated carbocycles. The third-order valence-electron chi connectivity index (χ3n) is 3.40. The Kier molecular flexibility index (Phi) is 3.14. The third-order valence-corrected chi connectivity index (χ3v) is 4.73. The van der Waals surface area contributed by atoms with Crippen molar-refractivity contribution in [2.45, 2.75) is 31.5 Å². The summed E-state index contributed by atoms with van der Waals surface area (Å²) in [7, 11) is 0. The van der Waals surface area contributed by atoms with E-state index in [1.807, 2.05) is 12.1 Å². The van der Waals surface area contributed by atoms with E-state index in [0.717, 1.165) is 17.4 Å². The van der Waals surface area contributed by atoms with Crippen LogP contribution in [0.1, 0.15) is 25.8 Å². The maximum absolute atomic E-state index is 6.14. The Morgan fingerprint density at radius 2 is 2.07 bits per heavy atom. The van der Waals surface area contributed by atoms with Crippen molar-refractivity contribution in [2.75, 3.05) is 0 Å². The summed E-state index contributed by atoms with van der Waals surface area (Å²) in [6.07, 6.45) is 2.36. The first-order valence-corrected chi connectivity index (χ1v) is 6.67. The van der Waals surface area contributed by atoms with E-state index in [2.05, 4.69) is 41.9 Å². The highest BCUT2D eigenvalue weighted by atomic mass is 79.9. The van der Waals surface area contributed by atoms with E-state index in [0.29, 0.717) is 10.2 Å². The van der Waals surface area contributed by atoms with Gasteiger partial charge in [-0.3, -0.25) is 0 Å². The van der Waals surface area contributed by atoms with Crippen molar-refractivity contribution in [3.63, 3.8) is 0 Å². The van der Waals surface area contributed by atoms with E-state index in [1.165, 1.54) is 12.0 Å². The van der Waals surface area contributed by atoms with Crippen LogP contribution >= 0.6 is 27.5 Å². The van der Waals surface area contributed by atoms with E-state index in [9.17, 15) is 0 Å². The molecule has 0 bridgehead atoms. The highest BCUT2D eigenvalue weighted by molar-refractivity contribution is 9.09. The average molecular weight is 288 g/mol. The average Bonchev–Trinajstić information content (AvgIpc) is 2.79. The molecule has 1 fully saturated rings. The first-order chi connectivity index (χ1) is 7.00. The zero-order valence-electron chi connectivity index (χ0n) is 9.13. The van der Waals surface area contributed by atoms with E-state index < -0.39 is 0 Å². The Bertz CT molecular complexity index is 359. The van der Waals surface area contributed by atoms with Crippen LogP contribution in [0.25, 0.3) is 0 Å². The second-order valence-electron chi connectivity index (χ2n) is 5.11. The van der Waals surface area contributed by atoms with Crippen molar-refractivity contribution in [2.24, 2.45) is 11.3 Å². The van der Waals surface area contributed by atoms with Crippen molar-refractivity contribution >= 4 is 27.5 Å². The lowest BCUT2D eigenvalue weighted by atomic mass is 10.0. The molecule has 15 heavy (non-hydrogen) atoms. The topological polar surface area (TPSA) is 0 Å². The fourth-order valence-electron chi connectivity index (χ4n) is 2.14. The van der Waals surface area contributed by atoms with Gasteiger partial charge in [-0.05, 0) is 35.8 Å². The molecule has 2 rings (SSSR count). The van der Waals surface area contributed by atoms with Gasteiger partial charge < -0.3 is 0 Å². The van der Waals surface area contributed by atoms with Gasteiger partial charge in [0.1, 0.15) is 0 Å². The molecule has 0 nitrogen and oxygen atoms in total. The molecule has 82 valence electrons. The molecule has 0 heterocycles. The Morgan fingerprint density at radius 3 is 2.60 bits per heavy atom. The highest BCUT2D eigenvalue weighted by Gasteiger charge is 2.49. The molecule has 1 aromatic rings. The third kappa shape index (κ3) is 2.57. The van der Waals surface area contributed by atoms with Crippen molar-refractivity contribution in [1.82, 2.24) is 0 Å². The summed E-state index contributed by atoms with van der Waals surface area (Å²) in [5.41, 5.74) is 1.78. The zero-order chi connectivity index (χ0) is 11.1. The molecule has 2 atom stereocenters. The van der Waals surface area contributed by atoms with Crippen LogP contribution in [0.15, 0.2) is 24.3 Å². The molecular formula is C13H16BrCl. The maximum atomic E-state index is 6.14. The predicted molar refractivity (Wildman–Crippen MR) is 69.8 cm³/mol. The van der Waals surface area contributed by atoms with Crippen LogP contribution in [-0.2, 0) is 6.42 Å². The van der Waals surface area contributed by atoms with Crippen molar-refractivity contribution < 1.29 is 0 Å². The van der Waals surface area contributed by atoms with Crippen LogP contribution in [0.3, 0.4) is 0 Å². The van der Waals surface area contributed by atoms with Gasteiger partial charge in [-0.25, -0.2) is 0 Å². The Labute approximate surface area is 105 Å². The molecule has 1 aromatic carbocycles. The molecule has 0 aliphatic heterocycles. The summed E-state index contributed by atoms with van der Waals surface area (Å²) in [5.74, 6) is 0.800. The van der Waals surface area contributed by atoms with E-state index in [4.69, 9.17) is 11.6 Å². The zero-order valence-corrected chi connectivity index (χ0v) is 11.5. The lowest BCUT2D eigenvalue weighted by molar-refractivity contribution is 0.546. The van der Waals surface area contributed by atoms with Crippen molar-refractivity contribution in [1.29, 1.82) is 0 Å². The van der Waals surface area contributed by atoms with Crippen LogP contribution in [0.4, 0.5) is 0 Å². The van der Waals surface area contributed by atoms with E-state index in [1.54, 1.807) is 0 Å². The first kappa shape index (κ1) is 11.5. The first-order valence-electron chi connectivity index (χ1n) is 5.38. The number of benzene rings is 1. The van der Waals surface area contributed by atoms with Crippen LogP contribution in [-0.4, -0.2) is 4.83 Å². The summed E-state index contributed by atoms with van der Waals surface area (Å²) in [5, 5.41) is 0.889. The Hall–Kier alpha value is -0.0100. The van der Waals surface area contributed by atoms with Gasteiger partial charge in [0.05, 0.1) is 0 Å². The van der Waals surface area contributed by atoms with Crippen LogP contribution < -0.4 is 0 Å². The smallest absolute Gasteiger partial charge is 0.0438 e. The SMILES string of the molecule is CC1(C)CC1C(Br)Cc1ccccc1Cl. The Morgan fingerprint density at radius 1 is 1.47 bits per heavy atom. The minimum Gasteiger partial charge on any atom is -0.0884 e. The minimum absolute atomic E-state index is 0.523. The number of rotatable bonds is 3. The van der Waals surface area contributed by atoms with Crippen LogP contribution in [0, 0.1) is 11.3 Å².